The Kier molecular flexibility index (Phi) is 3.13. The summed E-state index contributed by atoms with van der Waals surface area (Å²) in [4.78, 5) is 29.7. The first kappa shape index (κ1) is 11.9. The van der Waals surface area contributed by atoms with Gasteiger partial charge in [0.05, 0.1) is 18.2 Å². The quantitative estimate of drug-likeness (QED) is 0.741. The van der Waals surface area contributed by atoms with Gasteiger partial charge < -0.3 is 15.0 Å². The van der Waals surface area contributed by atoms with Crippen molar-refractivity contribution in [3.8, 4) is 0 Å². The number of hydrogen-bond acceptors (Lipinski definition) is 4. The van der Waals surface area contributed by atoms with Crippen molar-refractivity contribution in [1.82, 2.24) is 15.3 Å². The van der Waals surface area contributed by atoms with E-state index in [2.05, 4.69) is 25.3 Å². The third-order valence-electron chi connectivity index (χ3n) is 2.39. The second-order valence-corrected chi connectivity index (χ2v) is 3.48. The first-order valence-corrected chi connectivity index (χ1v) is 5.21. The molecule has 0 bridgehead atoms. The summed E-state index contributed by atoms with van der Waals surface area (Å²) in [5, 5.41) is 4.94. The van der Waals surface area contributed by atoms with Crippen LogP contribution < -0.4 is 10.6 Å². The minimum absolute atomic E-state index is 0.230. The molecule has 0 saturated heterocycles. The normalized spacial score (nSPS) is 10.1. The maximum absolute atomic E-state index is 11.6. The SMILES string of the molecule is CNC(=O)c1cccc2[nH]c(NC(=O)OC)nc12. The van der Waals surface area contributed by atoms with Crippen molar-refractivity contribution >= 4 is 29.0 Å². The summed E-state index contributed by atoms with van der Waals surface area (Å²) in [6, 6.07) is 5.15. The van der Waals surface area contributed by atoms with Crippen molar-refractivity contribution in [2.75, 3.05) is 19.5 Å². The highest BCUT2D eigenvalue weighted by molar-refractivity contribution is 6.05. The lowest BCUT2D eigenvalue weighted by molar-refractivity contribution is 0.0964. The predicted octanol–water partition coefficient (Wildman–Crippen LogP) is 1.10. The Morgan fingerprint density at radius 3 is 2.83 bits per heavy atom. The Hall–Kier alpha value is -2.57. The van der Waals surface area contributed by atoms with Crippen LogP contribution in [0.3, 0.4) is 0 Å². The minimum Gasteiger partial charge on any atom is -0.453 e. The fourth-order valence-electron chi connectivity index (χ4n) is 1.56. The zero-order valence-electron chi connectivity index (χ0n) is 9.90. The van der Waals surface area contributed by atoms with Gasteiger partial charge in [0, 0.05) is 7.05 Å². The molecule has 0 atom stereocenters. The van der Waals surface area contributed by atoms with Gasteiger partial charge in [0.2, 0.25) is 5.95 Å². The number of hydrogen-bond donors (Lipinski definition) is 3. The molecule has 0 aliphatic heterocycles. The molecule has 0 aliphatic carbocycles. The molecule has 0 aliphatic rings. The number of carbonyl (C=O) groups excluding carboxylic acids is 2. The number of methoxy groups -OCH3 is 1. The standard InChI is InChI=1S/C11H12N4O3/c1-12-9(16)6-4-3-5-7-8(6)14-10(13-7)15-11(17)18-2/h3-5H,1-2H3,(H,12,16)(H2,13,14,15,17). The zero-order valence-corrected chi connectivity index (χ0v) is 9.90. The third kappa shape index (κ3) is 2.10. The smallest absolute Gasteiger partial charge is 0.413 e. The number of imidazole rings is 1. The van der Waals surface area contributed by atoms with E-state index in [1.54, 1.807) is 25.2 Å². The average Bonchev–Trinajstić information content (AvgIpc) is 2.79. The molecular formula is C11H12N4O3. The van der Waals surface area contributed by atoms with Crippen molar-refractivity contribution in [3.05, 3.63) is 23.8 Å². The average molecular weight is 248 g/mol. The zero-order chi connectivity index (χ0) is 13.1. The van der Waals surface area contributed by atoms with Crippen molar-refractivity contribution < 1.29 is 14.3 Å². The lowest BCUT2D eigenvalue weighted by atomic mass is 10.2. The molecule has 0 saturated carbocycles. The molecule has 7 nitrogen and oxygen atoms in total. The molecule has 1 aromatic heterocycles. The van der Waals surface area contributed by atoms with E-state index < -0.39 is 6.09 Å². The van der Waals surface area contributed by atoms with E-state index in [0.717, 1.165) is 0 Å². The van der Waals surface area contributed by atoms with E-state index in [-0.39, 0.29) is 11.9 Å². The number of nitrogens with zero attached hydrogens (tertiary/aromatic N) is 1. The fourth-order valence-corrected chi connectivity index (χ4v) is 1.56. The molecule has 3 N–H and O–H groups in total. The van der Waals surface area contributed by atoms with Crippen LogP contribution in [0.1, 0.15) is 10.4 Å². The summed E-state index contributed by atoms with van der Waals surface area (Å²) in [6.07, 6.45) is -0.629. The molecule has 0 unspecified atom stereocenters. The van der Waals surface area contributed by atoms with E-state index in [0.29, 0.717) is 16.6 Å². The minimum atomic E-state index is -0.629. The van der Waals surface area contributed by atoms with E-state index in [9.17, 15) is 9.59 Å². The van der Waals surface area contributed by atoms with Gasteiger partial charge in [-0.25, -0.2) is 9.78 Å². The Morgan fingerprint density at radius 1 is 1.39 bits per heavy atom. The molecule has 0 fully saturated rings. The number of aromatic amines is 1. The molecule has 1 heterocycles. The van der Waals surface area contributed by atoms with Gasteiger partial charge in [0.25, 0.3) is 5.91 Å². The number of anilines is 1. The summed E-state index contributed by atoms with van der Waals surface area (Å²) >= 11 is 0. The Labute approximate surface area is 103 Å². The number of nitrogens with one attached hydrogen (secondary N) is 3. The maximum Gasteiger partial charge on any atom is 0.413 e. The first-order valence-electron chi connectivity index (χ1n) is 5.21. The van der Waals surface area contributed by atoms with Crippen molar-refractivity contribution in [3.63, 3.8) is 0 Å². The van der Waals surface area contributed by atoms with E-state index in [1.807, 2.05) is 0 Å². The van der Waals surface area contributed by atoms with Crippen molar-refractivity contribution in [1.29, 1.82) is 0 Å². The van der Waals surface area contributed by atoms with Crippen LogP contribution in [-0.4, -0.2) is 36.1 Å². The van der Waals surface area contributed by atoms with Crippen molar-refractivity contribution in [2.24, 2.45) is 0 Å². The predicted molar refractivity (Wildman–Crippen MR) is 65.5 cm³/mol. The van der Waals surface area contributed by atoms with Gasteiger partial charge in [-0.1, -0.05) is 6.07 Å². The number of aromatic nitrogens is 2. The van der Waals surface area contributed by atoms with E-state index >= 15 is 0 Å². The summed E-state index contributed by atoms with van der Waals surface area (Å²) in [7, 11) is 2.80. The molecule has 2 aromatic rings. The van der Waals surface area contributed by atoms with Crippen LogP contribution in [0.25, 0.3) is 11.0 Å². The maximum atomic E-state index is 11.6. The van der Waals surface area contributed by atoms with E-state index in [1.165, 1.54) is 7.11 Å². The molecule has 94 valence electrons. The van der Waals surface area contributed by atoms with Crippen LogP contribution in [-0.2, 0) is 4.74 Å². The first-order chi connectivity index (χ1) is 8.65. The van der Waals surface area contributed by atoms with Crippen LogP contribution in [0.5, 0.6) is 0 Å². The van der Waals surface area contributed by atoms with Crippen LogP contribution in [0.2, 0.25) is 0 Å². The lowest BCUT2D eigenvalue weighted by Gasteiger charge is -1.99. The van der Waals surface area contributed by atoms with Crippen LogP contribution >= 0.6 is 0 Å². The fraction of sp³-hybridized carbons (Fsp3) is 0.182. The van der Waals surface area contributed by atoms with Gasteiger partial charge in [-0.3, -0.25) is 10.1 Å². The largest absolute Gasteiger partial charge is 0.453 e. The topological polar surface area (TPSA) is 96.1 Å². The molecule has 1 aromatic carbocycles. The highest BCUT2D eigenvalue weighted by Gasteiger charge is 2.13. The highest BCUT2D eigenvalue weighted by atomic mass is 16.5. The lowest BCUT2D eigenvalue weighted by Crippen LogP contribution is -2.18. The highest BCUT2D eigenvalue weighted by Crippen LogP contribution is 2.18. The number of rotatable bonds is 2. The molecule has 2 amide bonds. The number of H-pyrrole nitrogens is 1. The van der Waals surface area contributed by atoms with Gasteiger partial charge >= 0.3 is 6.09 Å². The summed E-state index contributed by atoms with van der Waals surface area (Å²) < 4.78 is 4.46. The van der Waals surface area contributed by atoms with Crippen LogP contribution in [0, 0.1) is 0 Å². The Bertz CT molecular complexity index is 605. The summed E-state index contributed by atoms with van der Waals surface area (Å²) in [6.45, 7) is 0. The number of amides is 2. The monoisotopic (exact) mass is 248 g/mol. The molecule has 7 heteroatoms. The Morgan fingerprint density at radius 2 is 2.17 bits per heavy atom. The number of para-hydroxylation sites is 1. The molecule has 0 spiro atoms. The van der Waals surface area contributed by atoms with Gasteiger partial charge in [-0.05, 0) is 12.1 Å². The molecule has 18 heavy (non-hydrogen) atoms. The van der Waals surface area contributed by atoms with Crippen molar-refractivity contribution in [2.45, 2.75) is 0 Å². The Balaban J connectivity index is 2.44. The summed E-state index contributed by atoms with van der Waals surface area (Å²) in [5.74, 6) is -0.00933. The van der Waals surface area contributed by atoms with Gasteiger partial charge in [-0.2, -0.15) is 0 Å². The molecule has 2 rings (SSSR count). The third-order valence-corrected chi connectivity index (χ3v) is 2.39. The van der Waals surface area contributed by atoms with Gasteiger partial charge in [-0.15, -0.1) is 0 Å². The van der Waals surface area contributed by atoms with Gasteiger partial charge in [0.1, 0.15) is 5.52 Å². The number of benzene rings is 1. The van der Waals surface area contributed by atoms with E-state index in [4.69, 9.17) is 0 Å². The number of fused-ring (bicyclic) bond motifs is 1. The van der Waals surface area contributed by atoms with Gasteiger partial charge in [0.15, 0.2) is 0 Å². The molecular weight excluding hydrogens is 236 g/mol. The number of ether oxygens (including phenoxy) is 1. The summed E-state index contributed by atoms with van der Waals surface area (Å²) in [5.41, 5.74) is 1.58. The van der Waals surface area contributed by atoms with Crippen LogP contribution in [0.4, 0.5) is 10.7 Å². The number of carbonyl (C=O) groups is 2. The molecule has 0 radical (unpaired) electrons. The van der Waals surface area contributed by atoms with Crippen LogP contribution in [0.15, 0.2) is 18.2 Å². The second-order valence-electron chi connectivity index (χ2n) is 3.48. The second kappa shape index (κ2) is 4.74.